The van der Waals surface area contributed by atoms with Crippen LogP contribution in [0.3, 0.4) is 0 Å². The fourth-order valence-electron chi connectivity index (χ4n) is 5.32. The maximum Gasteiger partial charge on any atom is 0.179 e. The van der Waals surface area contributed by atoms with Crippen LogP contribution in [0.1, 0.15) is 28.4 Å². The van der Waals surface area contributed by atoms with E-state index in [1.165, 1.54) is 6.07 Å². The molecule has 3 N–H and O–H groups in total. The van der Waals surface area contributed by atoms with Gasteiger partial charge in [0.05, 0.1) is 23.1 Å². The van der Waals surface area contributed by atoms with Crippen LogP contribution in [0.25, 0.3) is 5.82 Å². The molecule has 40 heavy (non-hydrogen) atoms. The number of para-hydroxylation sites is 2. The molecule has 9 nitrogen and oxygen atoms in total. The lowest BCUT2D eigenvalue weighted by Crippen LogP contribution is -2.46. The number of aliphatic imine (C=N–C) groups is 2. The van der Waals surface area contributed by atoms with Crippen LogP contribution in [0, 0.1) is 13.8 Å². The van der Waals surface area contributed by atoms with E-state index < -0.39 is 6.04 Å². The predicted octanol–water partition coefficient (Wildman–Crippen LogP) is 6.09. The summed E-state index contributed by atoms with van der Waals surface area (Å²) >= 11 is 0. The Kier molecular flexibility index (Phi) is 5.38. The molecule has 2 aliphatic rings. The summed E-state index contributed by atoms with van der Waals surface area (Å²) in [5.74, 6) is 2.06. The highest BCUT2D eigenvalue weighted by molar-refractivity contribution is 6.51. The minimum atomic E-state index is -0.433. The Morgan fingerprint density at radius 1 is 0.825 bits per heavy atom. The molecule has 196 valence electrons. The van der Waals surface area contributed by atoms with E-state index in [2.05, 4.69) is 21.3 Å². The van der Waals surface area contributed by atoms with Gasteiger partial charge in [-0.2, -0.15) is 9.78 Å². The third-order valence-electron chi connectivity index (χ3n) is 7.10. The molecule has 5 aromatic rings. The lowest BCUT2D eigenvalue weighted by molar-refractivity contribution is 0.403. The van der Waals surface area contributed by atoms with E-state index >= 15 is 0 Å². The molecule has 9 heteroatoms. The molecule has 2 aliphatic heterocycles. The van der Waals surface area contributed by atoms with Crippen LogP contribution >= 0.6 is 0 Å². The SMILES string of the molecule is Cc1cccc(NC2=Nc3ccccc3N3C2=Nc2c(c(C)nn2-c2ccccn2)[C@H]3c2ccc(O)c(O)c2)c1. The number of anilines is 2. The Hall–Kier alpha value is -5.44. The summed E-state index contributed by atoms with van der Waals surface area (Å²) in [6.45, 7) is 3.99. The van der Waals surface area contributed by atoms with Gasteiger partial charge in [-0.1, -0.05) is 36.4 Å². The van der Waals surface area contributed by atoms with Crippen molar-refractivity contribution in [1.29, 1.82) is 0 Å². The number of nitrogens with one attached hydrogen (secondary N) is 1. The second kappa shape index (κ2) is 9.09. The number of hydrogen-bond acceptors (Lipinski definition) is 8. The van der Waals surface area contributed by atoms with E-state index in [0.717, 1.165) is 39.4 Å². The summed E-state index contributed by atoms with van der Waals surface area (Å²) in [5.41, 5.74) is 6.05. The van der Waals surface area contributed by atoms with Crippen LogP contribution in [-0.4, -0.2) is 36.6 Å². The number of benzene rings is 3. The second-order valence-corrected chi connectivity index (χ2v) is 9.82. The molecule has 0 aliphatic carbocycles. The molecule has 0 spiro atoms. The summed E-state index contributed by atoms with van der Waals surface area (Å²) in [6.07, 6.45) is 1.72. The minimum Gasteiger partial charge on any atom is -0.504 e. The van der Waals surface area contributed by atoms with Gasteiger partial charge in [-0.3, -0.25) is 0 Å². The van der Waals surface area contributed by atoms with Gasteiger partial charge in [0.25, 0.3) is 0 Å². The van der Waals surface area contributed by atoms with Crippen molar-refractivity contribution in [2.24, 2.45) is 9.98 Å². The van der Waals surface area contributed by atoms with Gasteiger partial charge in [0.2, 0.25) is 0 Å². The van der Waals surface area contributed by atoms with E-state index in [-0.39, 0.29) is 11.5 Å². The van der Waals surface area contributed by atoms with Crippen molar-refractivity contribution in [3.05, 3.63) is 114 Å². The summed E-state index contributed by atoms with van der Waals surface area (Å²) in [6, 6.07) is 26.1. The molecule has 0 amide bonds. The number of phenols is 2. The van der Waals surface area contributed by atoms with E-state index in [1.54, 1.807) is 16.9 Å². The van der Waals surface area contributed by atoms with Gasteiger partial charge in [-0.05, 0) is 73.5 Å². The largest absolute Gasteiger partial charge is 0.504 e. The highest BCUT2D eigenvalue weighted by Gasteiger charge is 2.41. The van der Waals surface area contributed by atoms with Gasteiger partial charge < -0.3 is 20.4 Å². The van der Waals surface area contributed by atoms with Crippen LogP contribution in [0.4, 0.5) is 22.9 Å². The van der Waals surface area contributed by atoms with Gasteiger partial charge in [-0.25, -0.2) is 15.0 Å². The zero-order chi connectivity index (χ0) is 27.4. The number of hydrogen-bond donors (Lipinski definition) is 3. The molecule has 0 radical (unpaired) electrons. The Labute approximate surface area is 230 Å². The van der Waals surface area contributed by atoms with E-state index in [4.69, 9.17) is 15.1 Å². The molecule has 0 bridgehead atoms. The minimum absolute atomic E-state index is 0.183. The van der Waals surface area contributed by atoms with Crippen LogP contribution in [-0.2, 0) is 0 Å². The van der Waals surface area contributed by atoms with Crippen molar-refractivity contribution in [3.8, 4) is 17.3 Å². The molecule has 0 saturated carbocycles. The molecule has 2 aromatic heterocycles. The predicted molar refractivity (Wildman–Crippen MR) is 156 cm³/mol. The van der Waals surface area contributed by atoms with Crippen LogP contribution in [0.5, 0.6) is 11.5 Å². The highest BCUT2D eigenvalue weighted by Crippen LogP contribution is 2.49. The molecule has 7 rings (SSSR count). The summed E-state index contributed by atoms with van der Waals surface area (Å²) < 4.78 is 1.74. The normalized spacial score (nSPS) is 15.4. The van der Waals surface area contributed by atoms with Crippen molar-refractivity contribution >= 4 is 34.6 Å². The van der Waals surface area contributed by atoms with Crippen molar-refractivity contribution in [2.75, 3.05) is 10.2 Å². The maximum absolute atomic E-state index is 10.5. The third-order valence-corrected chi connectivity index (χ3v) is 7.10. The molecule has 4 heterocycles. The summed E-state index contributed by atoms with van der Waals surface area (Å²) in [5, 5.41) is 29.0. The van der Waals surface area contributed by atoms with E-state index in [0.29, 0.717) is 23.3 Å². The van der Waals surface area contributed by atoms with Crippen LogP contribution in [0.15, 0.2) is 101 Å². The number of phenolic OH excluding ortho intramolecular Hbond substituents is 2. The first-order valence-electron chi connectivity index (χ1n) is 12.9. The zero-order valence-corrected chi connectivity index (χ0v) is 21.8. The number of aryl methyl sites for hydroxylation is 2. The van der Waals surface area contributed by atoms with E-state index in [9.17, 15) is 10.2 Å². The van der Waals surface area contributed by atoms with Crippen molar-refractivity contribution in [1.82, 2.24) is 14.8 Å². The molecule has 0 saturated heterocycles. The topological polar surface area (TPSA) is 111 Å². The standard InChI is InChI=1S/C31H25N7O2/c1-18-8-7-9-21(16-18)33-29-31-35-30-27(19(2)36-38(30)26-12-5-6-15-32-26)28(20-13-14-24(39)25(40)17-20)37(31)23-11-4-3-10-22(23)34-29/h3-17,28,39-40H,1-2H3,(H,33,34)/t28-/m1/s1. The number of aromatic nitrogens is 3. The zero-order valence-electron chi connectivity index (χ0n) is 21.8. The van der Waals surface area contributed by atoms with Crippen LogP contribution in [0.2, 0.25) is 0 Å². The van der Waals surface area contributed by atoms with Gasteiger partial charge in [0, 0.05) is 17.4 Å². The lowest BCUT2D eigenvalue weighted by Gasteiger charge is -2.40. The molecule has 3 aromatic carbocycles. The average Bonchev–Trinajstić information content (AvgIpc) is 3.30. The number of pyridine rings is 1. The van der Waals surface area contributed by atoms with Gasteiger partial charge >= 0.3 is 0 Å². The number of nitrogens with zero attached hydrogens (tertiary/aromatic N) is 6. The number of fused-ring (bicyclic) bond motifs is 4. The monoisotopic (exact) mass is 527 g/mol. The number of aromatic hydroxyl groups is 2. The van der Waals surface area contributed by atoms with Crippen LogP contribution < -0.4 is 10.2 Å². The quantitative estimate of drug-likeness (QED) is 0.245. The summed E-state index contributed by atoms with van der Waals surface area (Å²) in [7, 11) is 0. The number of amidine groups is 2. The van der Waals surface area contributed by atoms with Crippen molar-refractivity contribution < 1.29 is 10.2 Å². The third kappa shape index (κ3) is 3.79. The Balaban J connectivity index is 1.51. The maximum atomic E-state index is 10.5. The molecule has 0 fully saturated rings. The van der Waals surface area contributed by atoms with Gasteiger partial charge in [0.15, 0.2) is 34.8 Å². The summed E-state index contributed by atoms with van der Waals surface area (Å²) in [4.78, 5) is 16.8. The molecular weight excluding hydrogens is 502 g/mol. The second-order valence-electron chi connectivity index (χ2n) is 9.82. The Morgan fingerprint density at radius 2 is 1.68 bits per heavy atom. The lowest BCUT2D eigenvalue weighted by atomic mass is 9.93. The molecule has 1 atom stereocenters. The van der Waals surface area contributed by atoms with Crippen molar-refractivity contribution in [2.45, 2.75) is 19.9 Å². The Morgan fingerprint density at radius 3 is 2.48 bits per heavy atom. The molecular formula is C31H25N7O2. The number of rotatable bonds is 3. The smallest absolute Gasteiger partial charge is 0.179 e. The fourth-order valence-corrected chi connectivity index (χ4v) is 5.32. The molecule has 0 unspecified atom stereocenters. The average molecular weight is 528 g/mol. The van der Waals surface area contributed by atoms with E-state index in [1.807, 2.05) is 80.6 Å². The highest BCUT2D eigenvalue weighted by atomic mass is 16.3. The first kappa shape index (κ1) is 23.7. The first-order chi connectivity index (χ1) is 19.5. The van der Waals surface area contributed by atoms with Gasteiger partial charge in [-0.15, -0.1) is 0 Å². The van der Waals surface area contributed by atoms with Crippen molar-refractivity contribution in [3.63, 3.8) is 0 Å². The first-order valence-corrected chi connectivity index (χ1v) is 12.9. The van der Waals surface area contributed by atoms with Gasteiger partial charge in [0.1, 0.15) is 0 Å². The fraction of sp³-hybridized carbons (Fsp3) is 0.0968. The Bertz CT molecular complexity index is 1840.